The standard InChI is InChI=1S/C12H19N5O8/c13-4(1-9(20)21)10(22)16-5(2-7(14)18)11(23)17-6(12(24)25)3-8(15)19/h4-6H,1-3,13H2,(H2,14,18)(H2,15,19)(H,16,22)(H,17,23)(H,20,21)(H,24,25). The van der Waals surface area contributed by atoms with Crippen LogP contribution in [0.2, 0.25) is 0 Å². The molecule has 13 nitrogen and oxygen atoms in total. The molecule has 3 unspecified atom stereocenters. The van der Waals surface area contributed by atoms with E-state index >= 15 is 0 Å². The van der Waals surface area contributed by atoms with E-state index in [9.17, 15) is 28.8 Å². The minimum Gasteiger partial charge on any atom is -0.481 e. The first kappa shape index (κ1) is 21.8. The molecule has 0 aromatic heterocycles. The van der Waals surface area contributed by atoms with Crippen LogP contribution in [0.1, 0.15) is 19.3 Å². The van der Waals surface area contributed by atoms with Crippen LogP contribution >= 0.6 is 0 Å². The molecule has 0 heterocycles. The van der Waals surface area contributed by atoms with Crippen LogP contribution in [-0.4, -0.2) is 63.9 Å². The topological polar surface area (TPSA) is 245 Å². The van der Waals surface area contributed by atoms with Crippen molar-refractivity contribution < 1.29 is 39.0 Å². The predicted octanol–water partition coefficient (Wildman–Crippen LogP) is -4.41. The van der Waals surface area contributed by atoms with Gasteiger partial charge in [-0.2, -0.15) is 0 Å². The van der Waals surface area contributed by atoms with Crippen molar-refractivity contribution in [3.05, 3.63) is 0 Å². The molecule has 140 valence electrons. The summed E-state index contributed by atoms with van der Waals surface area (Å²) >= 11 is 0. The first-order valence-electron chi connectivity index (χ1n) is 6.81. The Hall–Kier alpha value is -3.22. The van der Waals surface area contributed by atoms with E-state index in [0.29, 0.717) is 0 Å². The van der Waals surface area contributed by atoms with Crippen molar-refractivity contribution in [2.75, 3.05) is 0 Å². The second-order valence-corrected chi connectivity index (χ2v) is 5.01. The lowest BCUT2D eigenvalue weighted by atomic mass is 10.1. The van der Waals surface area contributed by atoms with Crippen molar-refractivity contribution in [2.24, 2.45) is 17.2 Å². The van der Waals surface area contributed by atoms with Crippen LogP contribution in [0.3, 0.4) is 0 Å². The van der Waals surface area contributed by atoms with Crippen LogP contribution in [0.15, 0.2) is 0 Å². The Kier molecular flexibility index (Phi) is 8.55. The Balaban J connectivity index is 5.11. The molecule has 0 radical (unpaired) electrons. The molecule has 0 rings (SSSR count). The second kappa shape index (κ2) is 9.82. The summed E-state index contributed by atoms with van der Waals surface area (Å²) in [6.45, 7) is 0. The number of primary amides is 2. The molecule has 3 atom stereocenters. The maximum Gasteiger partial charge on any atom is 0.326 e. The zero-order valence-corrected chi connectivity index (χ0v) is 12.9. The lowest BCUT2D eigenvalue weighted by molar-refractivity contribution is -0.144. The van der Waals surface area contributed by atoms with E-state index in [2.05, 4.69) is 0 Å². The van der Waals surface area contributed by atoms with Gasteiger partial charge in [0, 0.05) is 0 Å². The highest BCUT2D eigenvalue weighted by Crippen LogP contribution is 1.99. The summed E-state index contributed by atoms with van der Waals surface area (Å²) < 4.78 is 0. The van der Waals surface area contributed by atoms with Gasteiger partial charge >= 0.3 is 11.9 Å². The van der Waals surface area contributed by atoms with E-state index in [1.165, 1.54) is 0 Å². The van der Waals surface area contributed by atoms with E-state index in [1.807, 2.05) is 10.6 Å². The number of hydrogen-bond donors (Lipinski definition) is 7. The van der Waals surface area contributed by atoms with E-state index in [-0.39, 0.29) is 0 Å². The summed E-state index contributed by atoms with van der Waals surface area (Å²) in [5.74, 6) is -7.15. The van der Waals surface area contributed by atoms with Gasteiger partial charge in [0.25, 0.3) is 0 Å². The van der Waals surface area contributed by atoms with Gasteiger partial charge in [0.2, 0.25) is 23.6 Å². The van der Waals surface area contributed by atoms with Crippen molar-refractivity contribution >= 4 is 35.6 Å². The third kappa shape index (κ3) is 8.85. The number of aliphatic carboxylic acids is 2. The summed E-state index contributed by atoms with van der Waals surface area (Å²) in [7, 11) is 0. The lowest BCUT2D eigenvalue weighted by Gasteiger charge is -2.21. The summed E-state index contributed by atoms with van der Waals surface area (Å²) in [5.41, 5.74) is 15.1. The van der Waals surface area contributed by atoms with Gasteiger partial charge in [-0.25, -0.2) is 4.79 Å². The average Bonchev–Trinajstić information content (AvgIpc) is 2.43. The summed E-state index contributed by atoms with van der Waals surface area (Å²) in [6.07, 6.45) is -2.17. The normalized spacial score (nSPS) is 13.8. The largest absolute Gasteiger partial charge is 0.481 e. The molecular formula is C12H19N5O8. The molecule has 0 saturated carbocycles. The van der Waals surface area contributed by atoms with Gasteiger partial charge in [-0.1, -0.05) is 0 Å². The molecule has 10 N–H and O–H groups in total. The molecule has 4 amide bonds. The summed E-state index contributed by atoms with van der Waals surface area (Å²) in [6, 6.07) is -4.81. The monoisotopic (exact) mass is 361 g/mol. The molecule has 25 heavy (non-hydrogen) atoms. The fourth-order valence-corrected chi connectivity index (χ4v) is 1.64. The highest BCUT2D eigenvalue weighted by molar-refractivity contribution is 5.96. The quantitative estimate of drug-likeness (QED) is 0.187. The minimum absolute atomic E-state index is 0.708. The Morgan fingerprint density at radius 3 is 1.60 bits per heavy atom. The lowest BCUT2D eigenvalue weighted by Crippen LogP contribution is -2.56. The van der Waals surface area contributed by atoms with Crippen LogP contribution in [0, 0.1) is 0 Å². The SMILES string of the molecule is NC(=O)CC(NC(=O)C(CC(N)=O)NC(=O)C(N)CC(=O)O)C(=O)O. The second-order valence-electron chi connectivity index (χ2n) is 5.01. The molecule has 0 spiro atoms. The fourth-order valence-electron chi connectivity index (χ4n) is 1.64. The van der Waals surface area contributed by atoms with Crippen molar-refractivity contribution in [2.45, 2.75) is 37.4 Å². The zero-order chi connectivity index (χ0) is 19.7. The van der Waals surface area contributed by atoms with Crippen LogP contribution in [0.5, 0.6) is 0 Å². The van der Waals surface area contributed by atoms with E-state index in [4.69, 9.17) is 27.4 Å². The Bertz CT molecular complexity index is 578. The zero-order valence-electron chi connectivity index (χ0n) is 12.9. The molecule has 0 bridgehead atoms. The van der Waals surface area contributed by atoms with Gasteiger partial charge < -0.3 is 38.0 Å². The summed E-state index contributed by atoms with van der Waals surface area (Å²) in [5, 5.41) is 21.4. The minimum atomic E-state index is -1.69. The highest BCUT2D eigenvalue weighted by atomic mass is 16.4. The smallest absolute Gasteiger partial charge is 0.326 e. The number of carboxylic acid groups (broad SMARTS) is 2. The number of carbonyl (C=O) groups is 6. The molecule has 0 aromatic rings. The Labute approximate surface area is 140 Å². The number of amides is 4. The van der Waals surface area contributed by atoms with Crippen molar-refractivity contribution in [3.8, 4) is 0 Å². The first-order valence-corrected chi connectivity index (χ1v) is 6.81. The number of rotatable bonds is 11. The highest BCUT2D eigenvalue weighted by Gasteiger charge is 2.30. The predicted molar refractivity (Wildman–Crippen MR) is 79.3 cm³/mol. The van der Waals surface area contributed by atoms with Gasteiger partial charge in [0.1, 0.15) is 12.1 Å². The molecule has 0 fully saturated rings. The average molecular weight is 361 g/mol. The maximum absolute atomic E-state index is 12.0. The maximum atomic E-state index is 12.0. The number of nitrogens with one attached hydrogen (secondary N) is 2. The Morgan fingerprint density at radius 1 is 0.760 bits per heavy atom. The van der Waals surface area contributed by atoms with Gasteiger partial charge in [-0.05, 0) is 0 Å². The van der Waals surface area contributed by atoms with Crippen molar-refractivity contribution in [3.63, 3.8) is 0 Å². The van der Waals surface area contributed by atoms with Gasteiger partial charge in [0.05, 0.1) is 25.3 Å². The third-order valence-corrected chi connectivity index (χ3v) is 2.79. The molecule has 0 aliphatic heterocycles. The van der Waals surface area contributed by atoms with Crippen LogP contribution in [-0.2, 0) is 28.8 Å². The molecule has 0 aliphatic carbocycles. The van der Waals surface area contributed by atoms with Crippen molar-refractivity contribution in [1.29, 1.82) is 0 Å². The Morgan fingerprint density at radius 2 is 1.20 bits per heavy atom. The van der Waals surface area contributed by atoms with E-state index < -0.39 is 73.0 Å². The number of carboxylic acids is 2. The number of carbonyl (C=O) groups excluding carboxylic acids is 4. The van der Waals surface area contributed by atoms with E-state index in [0.717, 1.165) is 0 Å². The fraction of sp³-hybridized carbons (Fsp3) is 0.500. The van der Waals surface area contributed by atoms with Crippen LogP contribution in [0.25, 0.3) is 0 Å². The van der Waals surface area contributed by atoms with Gasteiger partial charge in [0.15, 0.2) is 0 Å². The summed E-state index contributed by atoms with van der Waals surface area (Å²) in [4.78, 5) is 67.1. The van der Waals surface area contributed by atoms with Crippen LogP contribution < -0.4 is 27.8 Å². The first-order chi connectivity index (χ1) is 11.4. The van der Waals surface area contributed by atoms with Crippen LogP contribution in [0.4, 0.5) is 0 Å². The molecule has 13 heteroatoms. The van der Waals surface area contributed by atoms with E-state index in [1.54, 1.807) is 0 Å². The van der Waals surface area contributed by atoms with Gasteiger partial charge in [-0.3, -0.25) is 24.0 Å². The molecule has 0 saturated heterocycles. The molecule has 0 aliphatic rings. The van der Waals surface area contributed by atoms with Gasteiger partial charge in [-0.15, -0.1) is 0 Å². The number of nitrogens with two attached hydrogens (primary N) is 3. The molecule has 0 aromatic carbocycles. The molecular weight excluding hydrogens is 342 g/mol. The van der Waals surface area contributed by atoms with Crippen molar-refractivity contribution in [1.82, 2.24) is 10.6 Å². The third-order valence-electron chi connectivity index (χ3n) is 2.79. The number of hydrogen-bond acceptors (Lipinski definition) is 7.